The zero-order chi connectivity index (χ0) is 39.7. The van der Waals surface area contributed by atoms with Crippen molar-refractivity contribution in [1.29, 1.82) is 5.26 Å². The topological polar surface area (TPSA) is 148 Å². The lowest BCUT2D eigenvalue weighted by Crippen LogP contribution is -2.56. The van der Waals surface area contributed by atoms with Gasteiger partial charge in [-0.1, -0.05) is 0 Å². The summed E-state index contributed by atoms with van der Waals surface area (Å²) in [6.45, 7) is 12.2. The molecule has 56 heavy (non-hydrogen) atoms. The van der Waals surface area contributed by atoms with E-state index >= 15 is 8.78 Å². The zero-order valence-corrected chi connectivity index (χ0v) is 33.0. The zero-order valence-electron chi connectivity index (χ0n) is 32.2. The van der Waals surface area contributed by atoms with Crippen LogP contribution in [0.5, 0.6) is 6.01 Å². The Morgan fingerprint density at radius 2 is 1.70 bits per heavy atom. The van der Waals surface area contributed by atoms with Gasteiger partial charge in [-0.05, 0) is 90.5 Å². The van der Waals surface area contributed by atoms with Crippen molar-refractivity contribution in [2.24, 2.45) is 0 Å². The number of nitriles is 1. The van der Waals surface area contributed by atoms with Gasteiger partial charge in [0.2, 0.25) is 0 Å². The molecule has 0 spiro atoms. The van der Waals surface area contributed by atoms with Crippen LogP contribution >= 0.6 is 11.3 Å². The normalized spacial score (nSPS) is 20.7. The standard InChI is InChI=1S/C40H44F2N6O7S/c1-39(2,3)54-37(49)46-35-23(14-43)28-27(56-35)12-11-26(41)31(28)29-24-18-51-19-25(24)30-33(32(29)42)44-36(53-17-22-8-7-13-52-22)45-34(30)48-20-9-10-21(48)16-47(15-20)38(50)55-40(4,5)6/h11-12,20-22H,7-10,13,15-19H2,1-6H3,(H,46,49)/t20?,21?,22-/m1/s1. The molecule has 2 unspecified atom stereocenters. The van der Waals surface area contributed by atoms with Gasteiger partial charge in [0.1, 0.15) is 46.0 Å². The molecule has 4 aliphatic rings. The number of thiophene rings is 1. The highest BCUT2D eigenvalue weighted by Crippen LogP contribution is 2.49. The highest BCUT2D eigenvalue weighted by molar-refractivity contribution is 7.23. The van der Waals surface area contributed by atoms with Gasteiger partial charge in [0.05, 0.1) is 30.3 Å². The summed E-state index contributed by atoms with van der Waals surface area (Å²) in [6, 6.07) is 4.47. The van der Waals surface area contributed by atoms with Gasteiger partial charge in [-0.15, -0.1) is 11.3 Å². The number of likely N-dealkylation sites (tertiary alicyclic amines) is 1. The summed E-state index contributed by atoms with van der Waals surface area (Å²) in [5.41, 5.74) is -0.778. The molecule has 3 atom stereocenters. The van der Waals surface area contributed by atoms with E-state index < -0.39 is 35.0 Å². The number of carbonyl (C=O) groups is 2. The van der Waals surface area contributed by atoms with Crippen molar-refractivity contribution in [3.63, 3.8) is 0 Å². The van der Waals surface area contributed by atoms with Crippen molar-refractivity contribution < 1.29 is 42.1 Å². The SMILES string of the molecule is CC(C)(C)OC(=O)Nc1sc2ccc(F)c(-c3c4c(c5c(N6C7CCC6CN(C(=O)OC(C)(C)C)C7)nc(OC[C@H]6CCCO6)nc5c3F)COC4)c2c1C#N. The van der Waals surface area contributed by atoms with E-state index in [1.165, 1.54) is 12.1 Å². The molecule has 4 aromatic rings. The van der Waals surface area contributed by atoms with Gasteiger partial charge in [-0.25, -0.2) is 18.4 Å². The van der Waals surface area contributed by atoms with Crippen molar-refractivity contribution in [2.75, 3.05) is 36.5 Å². The number of hydrogen-bond donors (Lipinski definition) is 1. The molecule has 0 saturated carbocycles. The molecule has 16 heteroatoms. The second-order valence-electron chi connectivity index (χ2n) is 16.7. The molecule has 3 fully saturated rings. The highest BCUT2D eigenvalue weighted by atomic mass is 32.1. The smallest absolute Gasteiger partial charge is 0.412 e. The Balaban J connectivity index is 1.29. The summed E-state index contributed by atoms with van der Waals surface area (Å²) < 4.78 is 63.6. The number of amides is 2. The van der Waals surface area contributed by atoms with Crippen LogP contribution in [-0.4, -0.2) is 82.7 Å². The minimum Gasteiger partial charge on any atom is -0.461 e. The third kappa shape index (κ3) is 7.05. The van der Waals surface area contributed by atoms with Crippen LogP contribution in [0.1, 0.15) is 83.9 Å². The van der Waals surface area contributed by atoms with Gasteiger partial charge >= 0.3 is 18.2 Å². The fourth-order valence-electron chi connectivity index (χ4n) is 8.17. The summed E-state index contributed by atoms with van der Waals surface area (Å²) in [4.78, 5) is 39.4. The molecule has 1 N–H and O–H groups in total. The monoisotopic (exact) mass is 790 g/mol. The van der Waals surface area contributed by atoms with Crippen molar-refractivity contribution in [3.8, 4) is 23.2 Å². The lowest BCUT2D eigenvalue weighted by molar-refractivity contribution is 0.0209. The maximum absolute atomic E-state index is 17.7. The molecule has 2 aromatic heterocycles. The van der Waals surface area contributed by atoms with Crippen LogP contribution in [0.15, 0.2) is 12.1 Å². The summed E-state index contributed by atoms with van der Waals surface area (Å²) in [6.07, 6.45) is 1.89. The van der Waals surface area contributed by atoms with Crippen LogP contribution in [0.3, 0.4) is 0 Å². The van der Waals surface area contributed by atoms with Crippen LogP contribution < -0.4 is 15.0 Å². The molecule has 0 aliphatic carbocycles. The Hall–Kier alpha value is -4.85. The van der Waals surface area contributed by atoms with Crippen molar-refractivity contribution in [3.05, 3.63) is 40.5 Å². The van der Waals surface area contributed by atoms with Gasteiger partial charge in [0.25, 0.3) is 0 Å². The molecule has 0 radical (unpaired) electrons. The largest absolute Gasteiger partial charge is 0.461 e. The molecule has 13 nitrogen and oxygen atoms in total. The van der Waals surface area contributed by atoms with E-state index in [-0.39, 0.29) is 76.6 Å². The van der Waals surface area contributed by atoms with Gasteiger partial charge in [-0.2, -0.15) is 15.2 Å². The van der Waals surface area contributed by atoms with Crippen LogP contribution in [-0.2, 0) is 32.2 Å². The first-order valence-electron chi connectivity index (χ1n) is 18.9. The number of aromatic nitrogens is 2. The second-order valence-corrected chi connectivity index (χ2v) is 17.7. The Morgan fingerprint density at radius 1 is 0.982 bits per heavy atom. The predicted octanol–water partition coefficient (Wildman–Crippen LogP) is 8.18. The quantitative estimate of drug-likeness (QED) is 0.202. The summed E-state index contributed by atoms with van der Waals surface area (Å²) in [5, 5.41) is 13.8. The van der Waals surface area contributed by atoms with Gasteiger partial charge in [-0.3, -0.25) is 5.32 Å². The molecule has 2 bridgehead atoms. The number of piperazine rings is 1. The van der Waals surface area contributed by atoms with E-state index in [1.54, 1.807) is 25.7 Å². The number of benzene rings is 2. The Bertz CT molecular complexity index is 2280. The van der Waals surface area contributed by atoms with Crippen LogP contribution in [0.2, 0.25) is 0 Å². The maximum Gasteiger partial charge on any atom is 0.412 e. The first kappa shape index (κ1) is 38.0. The Morgan fingerprint density at radius 3 is 2.36 bits per heavy atom. The minimum atomic E-state index is -0.822. The molecular formula is C40H44F2N6O7S. The van der Waals surface area contributed by atoms with Crippen LogP contribution in [0, 0.1) is 23.0 Å². The number of rotatable bonds is 6. The van der Waals surface area contributed by atoms with E-state index in [0.29, 0.717) is 46.7 Å². The number of halogens is 2. The number of fused-ring (bicyclic) bond motifs is 6. The molecular weight excluding hydrogens is 747 g/mol. The maximum atomic E-state index is 17.7. The van der Waals surface area contributed by atoms with E-state index in [9.17, 15) is 14.9 Å². The van der Waals surface area contributed by atoms with Crippen molar-refractivity contribution in [1.82, 2.24) is 14.9 Å². The molecule has 2 aromatic carbocycles. The third-order valence-corrected chi connectivity index (χ3v) is 11.4. The van der Waals surface area contributed by atoms with E-state index in [0.717, 1.165) is 37.0 Å². The molecule has 2 amide bonds. The summed E-state index contributed by atoms with van der Waals surface area (Å²) >= 11 is 1.06. The van der Waals surface area contributed by atoms with E-state index in [4.69, 9.17) is 28.7 Å². The van der Waals surface area contributed by atoms with Crippen molar-refractivity contribution >= 4 is 55.3 Å². The third-order valence-electron chi connectivity index (χ3n) is 10.3. The van der Waals surface area contributed by atoms with Gasteiger partial charge < -0.3 is 33.5 Å². The average Bonchev–Trinajstić information content (AvgIpc) is 3.92. The first-order chi connectivity index (χ1) is 26.6. The fourth-order valence-corrected chi connectivity index (χ4v) is 9.22. The Kier molecular flexibility index (Phi) is 9.69. The van der Waals surface area contributed by atoms with E-state index in [1.807, 2.05) is 20.8 Å². The van der Waals surface area contributed by atoms with E-state index in [2.05, 4.69) is 21.3 Å². The molecule has 8 rings (SSSR count). The lowest BCUT2D eigenvalue weighted by atomic mass is 9.90. The molecule has 6 heterocycles. The molecule has 3 saturated heterocycles. The number of ether oxygens (including phenoxy) is 5. The minimum absolute atomic E-state index is 0.0269. The number of nitrogens with one attached hydrogen (secondary N) is 1. The number of nitrogens with zero attached hydrogens (tertiary/aromatic N) is 5. The lowest BCUT2D eigenvalue weighted by Gasteiger charge is -2.42. The van der Waals surface area contributed by atoms with Crippen molar-refractivity contribution in [2.45, 2.75) is 110 Å². The summed E-state index contributed by atoms with van der Waals surface area (Å²) in [7, 11) is 0. The van der Waals surface area contributed by atoms with Crippen LogP contribution in [0.4, 0.5) is 29.2 Å². The molecule has 4 aliphatic heterocycles. The number of carbonyl (C=O) groups excluding carboxylic acids is 2. The van der Waals surface area contributed by atoms with Gasteiger partial charge in [0, 0.05) is 53.0 Å². The predicted molar refractivity (Wildman–Crippen MR) is 205 cm³/mol. The molecule has 296 valence electrons. The number of hydrogen-bond acceptors (Lipinski definition) is 12. The van der Waals surface area contributed by atoms with Crippen LogP contribution in [0.25, 0.3) is 32.1 Å². The first-order valence-corrected chi connectivity index (χ1v) is 19.7. The number of anilines is 2. The fraction of sp³-hybridized carbons (Fsp3) is 0.525. The second kappa shape index (κ2) is 14.3. The summed E-state index contributed by atoms with van der Waals surface area (Å²) in [5.74, 6) is -1.13. The van der Waals surface area contributed by atoms with Gasteiger partial charge in [0.15, 0.2) is 5.82 Å². The average molecular weight is 791 g/mol. The highest BCUT2D eigenvalue weighted by Gasteiger charge is 2.45. The Labute approximate surface area is 326 Å².